The second kappa shape index (κ2) is 9.91. The molecule has 2 fully saturated rings. The summed E-state index contributed by atoms with van der Waals surface area (Å²) < 4.78 is 50.7. The average Bonchev–Trinajstić information content (AvgIpc) is 3.28. The van der Waals surface area contributed by atoms with Gasteiger partial charge in [0.2, 0.25) is 11.8 Å². The molecule has 220 valence electrons. The number of alkyl carbamates (subject to hydrolysis) is 1. The number of likely N-dealkylation sites (tertiary alicyclic amines) is 1. The van der Waals surface area contributed by atoms with Crippen LogP contribution in [0.4, 0.5) is 22.8 Å². The lowest BCUT2D eigenvalue weighted by atomic mass is 9.78. The van der Waals surface area contributed by atoms with E-state index >= 15 is 0 Å². The van der Waals surface area contributed by atoms with Gasteiger partial charge in [-0.1, -0.05) is 0 Å². The first-order chi connectivity index (χ1) is 18.3. The van der Waals surface area contributed by atoms with E-state index in [1.54, 1.807) is 41.5 Å². The molecule has 1 aromatic rings. The van der Waals surface area contributed by atoms with Crippen molar-refractivity contribution >= 4 is 24.0 Å². The van der Waals surface area contributed by atoms with Crippen molar-refractivity contribution in [1.29, 1.82) is 0 Å². The summed E-state index contributed by atoms with van der Waals surface area (Å²) in [5.74, 6) is -1.97. The predicted molar refractivity (Wildman–Crippen MR) is 135 cm³/mol. The van der Waals surface area contributed by atoms with Crippen LogP contribution in [0.15, 0.2) is 12.3 Å². The summed E-state index contributed by atoms with van der Waals surface area (Å²) in [6.07, 6.45) is -5.05. The van der Waals surface area contributed by atoms with E-state index < -0.39 is 64.3 Å². The molecule has 40 heavy (non-hydrogen) atoms. The van der Waals surface area contributed by atoms with Crippen molar-refractivity contribution in [2.75, 3.05) is 13.1 Å². The Bertz CT molecular complexity index is 1220. The molecule has 0 spiro atoms. The Morgan fingerprint density at radius 1 is 1.07 bits per heavy atom. The van der Waals surface area contributed by atoms with Gasteiger partial charge in [-0.05, 0) is 66.0 Å². The number of nitrogens with zero attached hydrogens (tertiary/aromatic N) is 3. The Morgan fingerprint density at radius 3 is 2.33 bits per heavy atom. The Hall–Kier alpha value is -3.38. The monoisotopic (exact) mass is 568 g/mol. The van der Waals surface area contributed by atoms with Crippen molar-refractivity contribution in [3.63, 3.8) is 0 Å². The first-order valence-electron chi connectivity index (χ1n) is 13.2. The van der Waals surface area contributed by atoms with Gasteiger partial charge in [-0.25, -0.2) is 14.5 Å². The minimum absolute atomic E-state index is 0.0852. The lowest BCUT2D eigenvalue weighted by Crippen LogP contribution is -2.52. The molecule has 2 aliphatic heterocycles. The van der Waals surface area contributed by atoms with E-state index in [0.717, 1.165) is 17.2 Å². The lowest BCUT2D eigenvalue weighted by Gasteiger charge is -2.36. The van der Waals surface area contributed by atoms with Crippen molar-refractivity contribution in [3.05, 3.63) is 29.1 Å². The first kappa shape index (κ1) is 29.6. The molecule has 13 heteroatoms. The van der Waals surface area contributed by atoms with Crippen LogP contribution in [-0.4, -0.2) is 69.1 Å². The maximum Gasteiger partial charge on any atom is 0.417 e. The molecule has 0 bridgehead atoms. The maximum atomic E-state index is 14.2. The van der Waals surface area contributed by atoms with Crippen molar-refractivity contribution in [2.45, 2.75) is 90.8 Å². The summed E-state index contributed by atoms with van der Waals surface area (Å²) >= 11 is 0. The quantitative estimate of drug-likeness (QED) is 0.535. The predicted octanol–water partition coefficient (Wildman–Crippen LogP) is 4.05. The molecule has 4 amide bonds. The number of carbonyl (C=O) groups excluding carboxylic acids is 4. The van der Waals surface area contributed by atoms with E-state index in [-0.39, 0.29) is 44.5 Å². The number of hydrogen-bond acceptors (Lipinski definition) is 7. The minimum Gasteiger partial charge on any atom is -0.444 e. The van der Waals surface area contributed by atoms with Crippen LogP contribution in [0.1, 0.15) is 71.2 Å². The molecule has 1 saturated carbocycles. The van der Waals surface area contributed by atoms with Crippen LogP contribution in [-0.2, 0) is 38.2 Å². The van der Waals surface area contributed by atoms with E-state index in [1.165, 1.54) is 4.90 Å². The van der Waals surface area contributed by atoms with Gasteiger partial charge < -0.3 is 19.7 Å². The van der Waals surface area contributed by atoms with Crippen LogP contribution in [0.25, 0.3) is 0 Å². The molecule has 3 heterocycles. The minimum atomic E-state index is -4.60. The fourth-order valence-corrected chi connectivity index (χ4v) is 5.67. The van der Waals surface area contributed by atoms with Crippen molar-refractivity contribution in [3.8, 4) is 0 Å². The molecule has 0 radical (unpaired) electrons. The number of amides is 4. The van der Waals surface area contributed by atoms with Crippen LogP contribution < -0.4 is 5.32 Å². The highest BCUT2D eigenvalue weighted by Crippen LogP contribution is 2.51. The number of aromatic nitrogens is 1. The Balaban J connectivity index is 1.62. The van der Waals surface area contributed by atoms with Gasteiger partial charge in [0, 0.05) is 49.9 Å². The van der Waals surface area contributed by atoms with Gasteiger partial charge in [-0.15, -0.1) is 0 Å². The summed E-state index contributed by atoms with van der Waals surface area (Å²) in [5.41, 5.74) is -3.56. The Kier molecular flexibility index (Phi) is 7.34. The topological polar surface area (TPSA) is 118 Å². The van der Waals surface area contributed by atoms with E-state index in [1.807, 2.05) is 0 Å². The zero-order valence-corrected chi connectivity index (χ0v) is 23.5. The number of nitrogens with one attached hydrogen (secondary N) is 1. The third kappa shape index (κ3) is 5.87. The number of halogens is 3. The number of ether oxygens (including phenoxy) is 2. The van der Waals surface area contributed by atoms with Gasteiger partial charge in [0.1, 0.15) is 16.6 Å². The van der Waals surface area contributed by atoms with Gasteiger partial charge in [-0.3, -0.25) is 14.6 Å². The number of imide groups is 1. The second-order valence-corrected chi connectivity index (χ2v) is 12.7. The summed E-state index contributed by atoms with van der Waals surface area (Å²) in [5, 5.41) is 2.74. The molecule has 4 rings (SSSR count). The molecule has 1 N–H and O–H groups in total. The number of pyridine rings is 1. The molecular formula is C27H35F3N4O6. The van der Waals surface area contributed by atoms with E-state index in [9.17, 15) is 32.3 Å². The molecular weight excluding hydrogens is 533 g/mol. The van der Waals surface area contributed by atoms with Crippen LogP contribution in [0.5, 0.6) is 0 Å². The van der Waals surface area contributed by atoms with Gasteiger partial charge in [0.05, 0.1) is 5.56 Å². The normalized spacial score (nSPS) is 24.9. The van der Waals surface area contributed by atoms with Crippen molar-refractivity contribution in [1.82, 2.24) is 20.1 Å². The second-order valence-electron chi connectivity index (χ2n) is 12.7. The molecule has 10 nitrogen and oxygen atoms in total. The van der Waals surface area contributed by atoms with E-state index in [2.05, 4.69) is 10.3 Å². The van der Waals surface area contributed by atoms with Gasteiger partial charge in [0.15, 0.2) is 0 Å². The van der Waals surface area contributed by atoms with Gasteiger partial charge in [0.25, 0.3) is 0 Å². The van der Waals surface area contributed by atoms with Crippen LogP contribution >= 0.6 is 0 Å². The highest BCUT2D eigenvalue weighted by atomic mass is 19.4. The molecule has 3 atom stereocenters. The van der Waals surface area contributed by atoms with E-state index in [0.29, 0.717) is 5.69 Å². The highest BCUT2D eigenvalue weighted by molar-refractivity contribution is 6.11. The van der Waals surface area contributed by atoms with Crippen molar-refractivity contribution < 1.29 is 41.8 Å². The summed E-state index contributed by atoms with van der Waals surface area (Å²) in [6, 6.07) is 0.381. The maximum absolute atomic E-state index is 14.2. The number of alkyl halides is 3. The molecule has 0 aromatic carbocycles. The lowest BCUT2D eigenvalue weighted by molar-refractivity contribution is -0.153. The molecule has 1 saturated heterocycles. The summed E-state index contributed by atoms with van der Waals surface area (Å²) in [4.78, 5) is 59.6. The molecule has 1 aliphatic carbocycles. The van der Waals surface area contributed by atoms with Gasteiger partial charge in [-0.2, -0.15) is 13.2 Å². The number of fused-ring (bicyclic) bond motifs is 2. The zero-order chi connectivity index (χ0) is 29.8. The zero-order valence-electron chi connectivity index (χ0n) is 23.5. The van der Waals surface area contributed by atoms with E-state index in [4.69, 9.17) is 9.47 Å². The van der Waals surface area contributed by atoms with Crippen LogP contribution in [0, 0.1) is 11.3 Å². The fraction of sp³-hybridized carbons (Fsp3) is 0.667. The highest BCUT2D eigenvalue weighted by Gasteiger charge is 2.66. The van der Waals surface area contributed by atoms with Gasteiger partial charge >= 0.3 is 18.4 Å². The molecule has 1 aromatic heterocycles. The molecule has 3 unspecified atom stereocenters. The summed E-state index contributed by atoms with van der Waals surface area (Å²) in [7, 11) is 0. The third-order valence-corrected chi connectivity index (χ3v) is 7.23. The number of carbonyl (C=O) groups is 4. The number of hydrogen-bond donors (Lipinski definition) is 1. The standard InChI is InChI=1S/C27H35F3N4O6/c1-24(2,3)39-22(37)32-18-10-17-14-34(23(38)40-25(4,5)6)21(36)26(17,11-18)20(35)33-8-7-19-15(13-33)9-16(12-31-19)27(28,29)30/h9,12,17-18H,7-8,10-11,13-14H2,1-6H3,(H,32,37). The largest absolute Gasteiger partial charge is 0.444 e. The SMILES string of the molecule is CC(C)(C)OC(=O)NC1CC2CN(C(=O)OC(C)(C)C)C(=O)C2(C(=O)N2CCc3ncc(C(F)(F)F)cc3C2)C1. The third-order valence-electron chi connectivity index (χ3n) is 7.23. The fourth-order valence-electron chi connectivity index (χ4n) is 5.67. The summed E-state index contributed by atoms with van der Waals surface area (Å²) in [6.45, 7) is 9.97. The first-order valence-corrected chi connectivity index (χ1v) is 13.2. The van der Waals surface area contributed by atoms with Crippen LogP contribution in [0.2, 0.25) is 0 Å². The Morgan fingerprint density at radius 2 is 1.73 bits per heavy atom. The average molecular weight is 569 g/mol. The number of rotatable bonds is 2. The smallest absolute Gasteiger partial charge is 0.417 e. The molecule has 3 aliphatic rings. The van der Waals surface area contributed by atoms with Crippen molar-refractivity contribution in [2.24, 2.45) is 11.3 Å². The Labute approximate surface area is 230 Å². The van der Waals surface area contributed by atoms with Crippen LogP contribution in [0.3, 0.4) is 0 Å².